The zero-order chi connectivity index (χ0) is 82.6. The number of hydrogen-bond acceptors (Lipinski definition) is 14. The summed E-state index contributed by atoms with van der Waals surface area (Å²) in [5.74, 6) is 2.17. The second-order valence-corrected chi connectivity index (χ2v) is 33.5. The molecule has 0 fully saturated rings. The van der Waals surface area contributed by atoms with Crippen LogP contribution in [0.15, 0.2) is 403 Å². The highest BCUT2D eigenvalue weighted by molar-refractivity contribution is 6.01. The van der Waals surface area contributed by atoms with Crippen LogP contribution in [-0.2, 0) is 0 Å². The van der Waals surface area contributed by atoms with Gasteiger partial charge in [-0.05, 0) is 143 Å². The Balaban J connectivity index is 0.0000000838. The predicted octanol–water partition coefficient (Wildman–Crippen LogP) is 25.4. The molecule has 126 heavy (non-hydrogen) atoms. The number of rotatable bonds is 0. The van der Waals surface area contributed by atoms with Crippen LogP contribution in [0.4, 0.5) is 34.1 Å². The van der Waals surface area contributed by atoms with Gasteiger partial charge in [0.15, 0.2) is 0 Å². The van der Waals surface area contributed by atoms with Crippen LogP contribution >= 0.6 is 0 Å². The number of fused-ring (bicyclic) bond motifs is 51. The van der Waals surface area contributed by atoms with Crippen LogP contribution in [0.2, 0.25) is 0 Å². The van der Waals surface area contributed by atoms with Gasteiger partial charge in [0.05, 0.1) is 99.5 Å². The van der Waals surface area contributed by atoms with Gasteiger partial charge < -0.3 is 19.6 Å². The second kappa shape index (κ2) is 28.7. The van der Waals surface area contributed by atoms with Crippen molar-refractivity contribution in [3.8, 4) is 67.0 Å². The van der Waals surface area contributed by atoms with Crippen LogP contribution in [0.1, 0.15) is 134 Å². The number of allylic oxidation sites excluding steroid dienone is 6. The molecule has 14 heteroatoms. The zero-order valence-corrected chi connectivity index (χ0v) is 68.3. The maximum Gasteiger partial charge on any atom is 0.138 e. The normalized spacial score (nSPS) is 16.7. The van der Waals surface area contributed by atoms with Gasteiger partial charge in [-0.3, -0.25) is 39.8 Å². The molecule has 30 rings (SSSR count). The van der Waals surface area contributed by atoms with Crippen molar-refractivity contribution in [1.82, 2.24) is 39.7 Å². The van der Waals surface area contributed by atoms with Crippen LogP contribution in [0.5, 0.6) is 0 Å². The Morgan fingerprint density at radius 3 is 1.04 bits per heavy atom. The highest BCUT2D eigenvalue weighted by Gasteiger charge is 2.47. The molecule has 0 amide bonds. The van der Waals surface area contributed by atoms with Crippen LogP contribution in [0.3, 0.4) is 0 Å². The third-order valence-electron chi connectivity index (χ3n) is 27.3. The van der Waals surface area contributed by atoms with E-state index in [1.807, 2.05) is 86.5 Å². The first kappa shape index (κ1) is 71.5. The van der Waals surface area contributed by atoms with Gasteiger partial charge in [0.1, 0.15) is 11.6 Å². The fraction of sp³-hybridized carbons (Fsp3) is 0.0804. The number of benzene rings is 10. The van der Waals surface area contributed by atoms with E-state index >= 15 is 0 Å². The number of nitrogens with zero attached hydrogens (tertiary/aromatic N) is 14. The fourth-order valence-corrected chi connectivity index (χ4v) is 22.3. The minimum Gasteiger partial charge on any atom is -0.334 e. The number of pyridine rings is 6. The smallest absolute Gasteiger partial charge is 0.138 e. The highest BCUT2D eigenvalue weighted by atomic mass is 15.3. The Morgan fingerprint density at radius 2 is 0.563 bits per heavy atom. The topological polar surface area (TPSA) is 131 Å². The SMILES string of the molecule is C1=CC2=C(C1)N1C3=C(N=CC3)c3ccccc3C1c1ccccc12.C1=NC2=C(C1)c1ccccc1C1c3ccccc3C3=C(N=CC3)N21.c1ccc2c(c1)-c1ccncc1N1c3cnccc3-c3ccccc3C21.c1ccc2c(c1)-c1cnccc1N1c3ccncc3-c3ccccc3C21.c1ccc2c(c1)-c1ncccc1N1c3cccnc3-c3ccccc3C21. The molecule has 1 unspecified atom stereocenters. The van der Waals surface area contributed by atoms with E-state index in [4.69, 9.17) is 24.9 Å². The molecule has 13 aliphatic heterocycles. The van der Waals surface area contributed by atoms with Gasteiger partial charge in [-0.25, -0.2) is 9.98 Å². The lowest BCUT2D eigenvalue weighted by Gasteiger charge is -2.44. The van der Waals surface area contributed by atoms with Crippen LogP contribution in [0, 0.1) is 0 Å². The summed E-state index contributed by atoms with van der Waals surface area (Å²) in [5, 5.41) is 0. The lowest BCUT2D eigenvalue weighted by molar-refractivity contribution is 0.344. The van der Waals surface area contributed by atoms with Gasteiger partial charge in [0, 0.05) is 155 Å². The molecule has 6 aromatic heterocycles. The second-order valence-electron chi connectivity index (χ2n) is 33.5. The summed E-state index contributed by atoms with van der Waals surface area (Å²) in [7, 11) is 0. The summed E-state index contributed by atoms with van der Waals surface area (Å²) in [5.41, 5.74) is 48.2. The van der Waals surface area contributed by atoms with Crippen molar-refractivity contribution in [3.63, 3.8) is 0 Å². The third kappa shape index (κ3) is 10.7. The van der Waals surface area contributed by atoms with Crippen molar-refractivity contribution in [2.75, 3.05) is 14.7 Å². The van der Waals surface area contributed by atoms with Crippen molar-refractivity contribution in [3.05, 3.63) is 466 Å². The molecule has 1 aliphatic carbocycles. The van der Waals surface area contributed by atoms with Gasteiger partial charge in [-0.15, -0.1) is 0 Å². The molecule has 16 aromatic rings. The molecule has 0 radical (unpaired) electrons. The standard InChI is InChI=1S/3C23H15N3.C22H16N2.C21H15N3/c1-3-9-17-15(7-1)21-19(11-5-13-24-21)26-20-12-6-14-25-22(20)16-8-2-4-10-18(16)23(17)26;1-3-7-19-15(5-1)17-9-11-24-13-21(17)26-22-14-25-12-10-18(22)16-6-2-4-8-20(16)23(19)26;1-3-7-17-15(5-1)19-13-24-11-9-21(19)26-22-10-12-25-14-20(22)16-6-2-4-8-18(16)23(17)26;1-3-8-17-14(6-1)15-10-5-11-19(15)24-20-12-13-23-21(20)16-7-2-4-9-18(16)22(17)24;1-3-7-15-13(5-1)17-9-11-22-20(17)24-19(15)16-8-4-2-6-14(16)18-10-12-23-21(18)24/h3*1-14,23H;1-10,13,22H,11-12H2;1-8,11-12,19H,9-10H2. The first-order valence-electron chi connectivity index (χ1n) is 43.4. The maximum absolute atomic E-state index is 4.75. The predicted molar refractivity (Wildman–Crippen MR) is 504 cm³/mol. The number of aromatic nitrogens is 6. The molecular weight excluding hydrogens is 1540 g/mol. The number of aliphatic imine (C=N–C) groups is 3. The Kier molecular flexibility index (Phi) is 16.3. The lowest BCUT2D eigenvalue weighted by Crippen LogP contribution is -2.35. The summed E-state index contributed by atoms with van der Waals surface area (Å²) in [4.78, 5) is 53.5. The van der Waals surface area contributed by atoms with Crippen LogP contribution in [-0.4, -0.2) is 58.3 Å². The maximum atomic E-state index is 4.75. The number of hydrogen-bond donors (Lipinski definition) is 0. The van der Waals surface area contributed by atoms with Crippen LogP contribution in [0.25, 0.3) is 89.4 Å². The molecule has 19 heterocycles. The Bertz CT molecular complexity index is 6450. The Hall–Kier alpha value is -16.2. The summed E-state index contributed by atoms with van der Waals surface area (Å²) in [6.45, 7) is 0. The average molecular weight is 1620 g/mol. The van der Waals surface area contributed by atoms with E-state index in [9.17, 15) is 0 Å². The van der Waals surface area contributed by atoms with Crippen molar-refractivity contribution >= 4 is 75.2 Å². The minimum absolute atomic E-state index is 0.135. The first-order chi connectivity index (χ1) is 62.7. The molecule has 10 aromatic carbocycles. The monoisotopic (exact) mass is 1620 g/mol. The summed E-state index contributed by atoms with van der Waals surface area (Å²) < 4.78 is 0. The minimum atomic E-state index is 0.135. The van der Waals surface area contributed by atoms with E-state index in [1.54, 1.807) is 0 Å². The molecule has 0 saturated heterocycles. The first-order valence-corrected chi connectivity index (χ1v) is 43.4. The fourth-order valence-electron chi connectivity index (χ4n) is 22.3. The summed E-state index contributed by atoms with van der Waals surface area (Å²) in [6.07, 6.45) is 33.6. The Labute approximate surface area is 729 Å². The Morgan fingerprint density at radius 1 is 0.222 bits per heavy atom. The van der Waals surface area contributed by atoms with Gasteiger partial charge in [0.25, 0.3) is 0 Å². The lowest BCUT2D eigenvalue weighted by atomic mass is 9.79. The van der Waals surface area contributed by atoms with E-state index in [2.05, 4.69) is 342 Å². The van der Waals surface area contributed by atoms with Gasteiger partial charge in [-0.2, -0.15) is 0 Å². The van der Waals surface area contributed by atoms with Crippen LogP contribution < -0.4 is 14.7 Å². The average Bonchev–Trinajstić information content (AvgIpc) is 1.62. The highest BCUT2D eigenvalue weighted by Crippen LogP contribution is 2.62. The van der Waals surface area contributed by atoms with Gasteiger partial charge in [-0.1, -0.05) is 255 Å². The molecule has 0 saturated carbocycles. The molecule has 0 N–H and O–H groups in total. The zero-order valence-electron chi connectivity index (χ0n) is 68.3. The summed E-state index contributed by atoms with van der Waals surface area (Å²) >= 11 is 0. The molecule has 0 bridgehead atoms. The van der Waals surface area contributed by atoms with Crippen molar-refractivity contribution < 1.29 is 0 Å². The third-order valence-corrected chi connectivity index (χ3v) is 27.3. The van der Waals surface area contributed by atoms with Gasteiger partial charge in [0.2, 0.25) is 0 Å². The quantitative estimate of drug-likeness (QED) is 0.144. The van der Waals surface area contributed by atoms with Crippen molar-refractivity contribution in [2.24, 2.45) is 15.0 Å². The molecule has 594 valence electrons. The van der Waals surface area contributed by atoms with E-state index in [0.717, 1.165) is 71.5 Å². The van der Waals surface area contributed by atoms with Gasteiger partial charge >= 0.3 is 0 Å². The van der Waals surface area contributed by atoms with E-state index in [1.165, 1.54) is 179 Å². The molecule has 0 spiro atoms. The molecule has 14 nitrogen and oxygen atoms in total. The molecule has 14 aliphatic rings. The molecular formula is C112H76N14. The summed E-state index contributed by atoms with van der Waals surface area (Å²) in [6, 6.07) is 105. The van der Waals surface area contributed by atoms with Crippen molar-refractivity contribution in [1.29, 1.82) is 0 Å². The number of anilines is 6. The van der Waals surface area contributed by atoms with E-state index in [-0.39, 0.29) is 30.2 Å². The van der Waals surface area contributed by atoms with E-state index < -0.39 is 0 Å². The largest absolute Gasteiger partial charge is 0.334 e. The molecule has 1 atom stereocenters. The van der Waals surface area contributed by atoms with E-state index in [0.29, 0.717) is 0 Å². The van der Waals surface area contributed by atoms with Crippen molar-refractivity contribution in [2.45, 2.75) is 55.9 Å².